The average molecular weight is 423 g/mol. The number of rotatable bonds is 1. The third-order valence-corrected chi connectivity index (χ3v) is 6.57. The van der Waals surface area contributed by atoms with Crippen molar-refractivity contribution in [3.63, 3.8) is 0 Å². The molecule has 0 amide bonds. The van der Waals surface area contributed by atoms with Crippen LogP contribution in [0.15, 0.2) is 0 Å². The second kappa shape index (κ2) is 9.85. The van der Waals surface area contributed by atoms with Gasteiger partial charge in [0.1, 0.15) is 11.7 Å². The molecule has 1 aliphatic rings. The third kappa shape index (κ3) is 5.45. The fourth-order valence-corrected chi connectivity index (χ4v) is 4.36. The molecule has 0 aromatic heterocycles. The Bertz CT molecular complexity index is 553. The molecule has 0 saturated carbocycles. The summed E-state index contributed by atoms with van der Waals surface area (Å²) in [6, 6.07) is 0. The second-order valence-electron chi connectivity index (χ2n) is 8.72. The minimum Gasteiger partial charge on any atom is -0.460 e. The van der Waals surface area contributed by atoms with Crippen molar-refractivity contribution >= 4 is 23.4 Å². The molecule has 7 nitrogen and oxygen atoms in total. The molecule has 0 aliphatic carbocycles. The maximum absolute atomic E-state index is 12.8. The fourth-order valence-electron chi connectivity index (χ4n) is 4.02. The Morgan fingerprint density at radius 3 is 1.96 bits per heavy atom. The van der Waals surface area contributed by atoms with Crippen molar-refractivity contribution in [3.8, 4) is 0 Å². The van der Waals surface area contributed by atoms with Crippen LogP contribution in [0.4, 0.5) is 0 Å². The molecule has 10 atom stereocenters. The summed E-state index contributed by atoms with van der Waals surface area (Å²) in [4.78, 5) is 25.3. The van der Waals surface area contributed by atoms with Gasteiger partial charge >= 0.3 is 5.97 Å². The van der Waals surface area contributed by atoms with E-state index in [1.165, 1.54) is 20.8 Å². The van der Waals surface area contributed by atoms with Crippen molar-refractivity contribution in [1.82, 2.24) is 0 Å². The zero-order valence-corrected chi connectivity index (χ0v) is 18.3. The molecule has 0 radical (unpaired) electrons. The van der Waals surface area contributed by atoms with Gasteiger partial charge in [0.15, 0.2) is 5.78 Å². The van der Waals surface area contributed by atoms with E-state index in [9.17, 15) is 30.0 Å². The highest BCUT2D eigenvalue weighted by molar-refractivity contribution is 6.18. The summed E-state index contributed by atoms with van der Waals surface area (Å²) in [6.07, 6.45) is -4.37. The Hall–Kier alpha value is -0.730. The lowest BCUT2D eigenvalue weighted by atomic mass is 9.75. The van der Waals surface area contributed by atoms with E-state index in [0.717, 1.165) is 0 Å². The number of ether oxygens (including phenoxy) is 1. The van der Waals surface area contributed by atoms with E-state index >= 15 is 0 Å². The molecule has 28 heavy (non-hydrogen) atoms. The van der Waals surface area contributed by atoms with Crippen molar-refractivity contribution < 1.29 is 34.8 Å². The molecule has 1 fully saturated rings. The lowest BCUT2D eigenvalue weighted by molar-refractivity contribution is -0.166. The maximum Gasteiger partial charge on any atom is 0.311 e. The summed E-state index contributed by atoms with van der Waals surface area (Å²) >= 11 is 5.93. The summed E-state index contributed by atoms with van der Waals surface area (Å²) in [5, 5.41) is 42.5. The number of Topliss-reactive ketones (excluding diaryl/α,β-unsaturated/α-hetero) is 1. The van der Waals surface area contributed by atoms with E-state index in [-0.39, 0.29) is 12.3 Å². The monoisotopic (exact) mass is 422 g/mol. The normalized spacial score (nSPS) is 47.3. The molecule has 0 bridgehead atoms. The van der Waals surface area contributed by atoms with E-state index in [1.54, 1.807) is 20.8 Å². The van der Waals surface area contributed by atoms with Crippen molar-refractivity contribution in [2.24, 2.45) is 29.6 Å². The number of aliphatic hydroxyl groups excluding tert-OH is 3. The van der Waals surface area contributed by atoms with Crippen LogP contribution in [-0.4, -0.2) is 68.1 Å². The molecular formula is C20H35ClO7. The highest BCUT2D eigenvalue weighted by atomic mass is 35.5. The van der Waals surface area contributed by atoms with Gasteiger partial charge < -0.3 is 25.2 Å². The van der Waals surface area contributed by atoms with Crippen molar-refractivity contribution in [3.05, 3.63) is 0 Å². The van der Waals surface area contributed by atoms with E-state index < -0.39 is 71.4 Å². The van der Waals surface area contributed by atoms with Crippen LogP contribution in [0.5, 0.6) is 0 Å². The van der Waals surface area contributed by atoms with E-state index in [0.29, 0.717) is 0 Å². The molecule has 164 valence electrons. The van der Waals surface area contributed by atoms with Gasteiger partial charge in [-0.15, -0.1) is 11.6 Å². The lowest BCUT2D eigenvalue weighted by Gasteiger charge is -2.37. The van der Waals surface area contributed by atoms with E-state index in [4.69, 9.17) is 16.3 Å². The van der Waals surface area contributed by atoms with Crippen LogP contribution < -0.4 is 0 Å². The minimum atomic E-state index is -1.77. The fraction of sp³-hybridized carbons (Fsp3) is 0.900. The van der Waals surface area contributed by atoms with Crippen LogP contribution >= 0.6 is 11.6 Å². The highest BCUT2D eigenvalue weighted by Gasteiger charge is 2.44. The number of aliphatic hydroxyl groups is 4. The predicted octanol–water partition coefficient (Wildman–Crippen LogP) is 1.12. The first kappa shape index (κ1) is 25.3. The largest absolute Gasteiger partial charge is 0.460 e. The Labute approximate surface area is 172 Å². The van der Waals surface area contributed by atoms with Gasteiger partial charge in [-0.25, -0.2) is 0 Å². The van der Waals surface area contributed by atoms with Crippen LogP contribution in [0.3, 0.4) is 0 Å². The van der Waals surface area contributed by atoms with Crippen LogP contribution in [0.25, 0.3) is 0 Å². The van der Waals surface area contributed by atoms with Crippen molar-refractivity contribution in [2.75, 3.05) is 5.88 Å². The van der Waals surface area contributed by atoms with Crippen molar-refractivity contribution in [2.45, 2.75) is 78.0 Å². The third-order valence-electron chi connectivity index (χ3n) is 6.27. The Kier molecular flexibility index (Phi) is 8.90. The van der Waals surface area contributed by atoms with Gasteiger partial charge in [-0.1, -0.05) is 27.7 Å². The van der Waals surface area contributed by atoms with E-state index in [2.05, 4.69) is 0 Å². The summed E-state index contributed by atoms with van der Waals surface area (Å²) in [5.41, 5.74) is -1.77. The average Bonchev–Trinajstić information content (AvgIpc) is 2.65. The standard InChI is InChI=1S/C20H35ClO7/c1-9-7-20(6,27)18(25)12(4)16(23)10(2)14(8-21)28-19(26)13(5)17(24)11(3)15(9)22/h9-17,22-24,27H,7-8H2,1-6H3/t9-,10-,11+,12+,13+,14+,15-,16-,17-,20-/m0/s1. The molecule has 1 rings (SSSR count). The predicted molar refractivity (Wildman–Crippen MR) is 105 cm³/mol. The van der Waals surface area contributed by atoms with Gasteiger partial charge in [0.25, 0.3) is 0 Å². The first-order valence-electron chi connectivity index (χ1n) is 9.83. The quantitative estimate of drug-likeness (QED) is 0.368. The number of alkyl halides is 1. The topological polar surface area (TPSA) is 124 Å². The van der Waals surface area contributed by atoms with Gasteiger partial charge in [0, 0.05) is 17.8 Å². The second-order valence-corrected chi connectivity index (χ2v) is 9.03. The van der Waals surface area contributed by atoms with Crippen LogP contribution in [0, 0.1) is 29.6 Å². The number of hydrogen-bond donors (Lipinski definition) is 4. The lowest BCUT2D eigenvalue weighted by Crippen LogP contribution is -2.50. The Morgan fingerprint density at radius 1 is 0.964 bits per heavy atom. The van der Waals surface area contributed by atoms with Gasteiger partial charge in [0.05, 0.1) is 30.1 Å². The van der Waals surface area contributed by atoms with Gasteiger partial charge in [-0.3, -0.25) is 9.59 Å². The Morgan fingerprint density at radius 2 is 1.46 bits per heavy atom. The van der Waals surface area contributed by atoms with Crippen LogP contribution in [0.2, 0.25) is 0 Å². The minimum absolute atomic E-state index is 0.0484. The highest BCUT2D eigenvalue weighted by Crippen LogP contribution is 2.32. The number of ketones is 1. The van der Waals surface area contributed by atoms with Gasteiger partial charge in [-0.05, 0) is 26.2 Å². The molecule has 8 heteroatoms. The summed E-state index contributed by atoms with van der Waals surface area (Å²) in [5.74, 6) is -5.09. The van der Waals surface area contributed by atoms with Gasteiger partial charge in [0.2, 0.25) is 0 Å². The van der Waals surface area contributed by atoms with E-state index in [1.807, 2.05) is 0 Å². The zero-order chi connectivity index (χ0) is 22.0. The molecule has 1 saturated heterocycles. The SMILES string of the molecule is C[C@@H]1[C@@H](O)[C@@H](C)C[C@](C)(O)C(=O)[C@H](C)[C@@H](O)[C@@H](C)[C@@H](CCl)OC(=O)[C@H](C)[C@H]1O. The number of hydrogen-bond acceptors (Lipinski definition) is 7. The zero-order valence-electron chi connectivity index (χ0n) is 17.5. The van der Waals surface area contributed by atoms with Crippen molar-refractivity contribution in [1.29, 1.82) is 0 Å². The summed E-state index contributed by atoms with van der Waals surface area (Å²) < 4.78 is 5.41. The van der Waals surface area contributed by atoms with Crippen LogP contribution in [0.1, 0.15) is 48.0 Å². The molecule has 0 aromatic rings. The Balaban J connectivity index is 3.32. The first-order valence-corrected chi connectivity index (χ1v) is 10.4. The molecule has 1 aliphatic heterocycles. The summed E-state index contributed by atoms with van der Waals surface area (Å²) in [6.45, 7) is 9.25. The molecule has 0 spiro atoms. The molecule has 0 unspecified atom stereocenters. The molecule has 0 aromatic carbocycles. The number of halogens is 1. The number of esters is 1. The number of carbonyl (C=O) groups excluding carboxylic acids is 2. The molecular weight excluding hydrogens is 388 g/mol. The maximum atomic E-state index is 12.8. The summed E-state index contributed by atoms with van der Waals surface area (Å²) in [7, 11) is 0. The smallest absolute Gasteiger partial charge is 0.311 e. The number of carbonyl (C=O) groups is 2. The first-order chi connectivity index (χ1) is 12.8. The molecule has 1 heterocycles. The number of cyclic esters (lactones) is 1. The van der Waals surface area contributed by atoms with Gasteiger partial charge in [-0.2, -0.15) is 0 Å². The molecule has 4 N–H and O–H groups in total. The van der Waals surface area contributed by atoms with Crippen LogP contribution in [-0.2, 0) is 14.3 Å².